The molecule has 1 unspecified atom stereocenters. The minimum Gasteiger partial charge on any atom is -0.387 e. The van der Waals surface area contributed by atoms with E-state index in [4.69, 9.17) is 4.84 Å². The molecule has 0 amide bonds. The first-order valence-corrected chi connectivity index (χ1v) is 6.46. The molecule has 0 aliphatic carbocycles. The number of aromatic amines is 1. The Bertz CT molecular complexity index is 445. The first kappa shape index (κ1) is 9.71. The number of aromatic nitrogens is 1. The molecule has 17 heavy (non-hydrogen) atoms. The number of hydrogen-bond acceptors (Lipinski definition) is 3. The third-order valence-electron chi connectivity index (χ3n) is 4.56. The van der Waals surface area contributed by atoms with Crippen molar-refractivity contribution in [3.63, 3.8) is 0 Å². The lowest BCUT2D eigenvalue weighted by atomic mass is 9.73. The van der Waals surface area contributed by atoms with E-state index in [1.54, 1.807) is 0 Å². The van der Waals surface area contributed by atoms with E-state index in [9.17, 15) is 0 Å². The minimum atomic E-state index is -0.0108. The molecule has 1 aromatic rings. The molecule has 3 fully saturated rings. The molecule has 0 radical (unpaired) electrons. The molecule has 1 aromatic heterocycles. The predicted molar refractivity (Wildman–Crippen MR) is 64.9 cm³/mol. The van der Waals surface area contributed by atoms with E-state index in [1.165, 1.54) is 31.5 Å². The van der Waals surface area contributed by atoms with Crippen LogP contribution in [0.2, 0.25) is 0 Å². The molecule has 90 valence electrons. The lowest BCUT2D eigenvalue weighted by molar-refractivity contribution is -0.136. The Labute approximate surface area is 101 Å². The Morgan fingerprint density at radius 1 is 1.41 bits per heavy atom. The molecule has 1 spiro atoms. The molecular weight excluding hydrogens is 214 g/mol. The van der Waals surface area contributed by atoms with Gasteiger partial charge in [0.05, 0.1) is 5.71 Å². The van der Waals surface area contributed by atoms with Crippen molar-refractivity contribution < 1.29 is 4.84 Å². The summed E-state index contributed by atoms with van der Waals surface area (Å²) in [6.45, 7) is 3.56. The van der Waals surface area contributed by atoms with E-state index in [1.807, 2.05) is 12.4 Å². The van der Waals surface area contributed by atoms with Crippen molar-refractivity contribution in [3.8, 4) is 0 Å². The maximum Gasteiger partial charge on any atom is 0.158 e. The molecule has 0 aromatic carbocycles. The molecule has 4 aliphatic rings. The Kier molecular flexibility index (Phi) is 1.92. The fourth-order valence-corrected chi connectivity index (χ4v) is 3.58. The molecule has 2 bridgehead atoms. The van der Waals surface area contributed by atoms with E-state index in [-0.39, 0.29) is 5.60 Å². The number of hydrogen-bond donors (Lipinski definition) is 1. The van der Waals surface area contributed by atoms with E-state index in [0.717, 1.165) is 18.7 Å². The lowest BCUT2D eigenvalue weighted by Gasteiger charge is -2.49. The monoisotopic (exact) mass is 231 g/mol. The van der Waals surface area contributed by atoms with E-state index in [2.05, 4.69) is 21.1 Å². The van der Waals surface area contributed by atoms with Gasteiger partial charge in [0, 0.05) is 36.8 Å². The summed E-state index contributed by atoms with van der Waals surface area (Å²) in [5, 5.41) is 4.34. The standard InChI is InChI=1S/C13H17N3O/c1-4-14-8-10(1)12-7-13(17-15-12)9-16-5-2-11(13)3-6-16/h1,4,8,11,14H,2-3,5-7,9H2. The number of rotatable bonds is 1. The first-order valence-electron chi connectivity index (χ1n) is 6.46. The van der Waals surface area contributed by atoms with Crippen LogP contribution in [0, 0.1) is 5.92 Å². The van der Waals surface area contributed by atoms with Gasteiger partial charge in [0.15, 0.2) is 5.60 Å². The first-order chi connectivity index (χ1) is 8.36. The highest BCUT2D eigenvalue weighted by Crippen LogP contribution is 2.43. The quantitative estimate of drug-likeness (QED) is 0.797. The van der Waals surface area contributed by atoms with Crippen molar-refractivity contribution >= 4 is 5.71 Å². The number of piperidine rings is 3. The molecule has 5 heterocycles. The van der Waals surface area contributed by atoms with Crippen LogP contribution in [0.15, 0.2) is 23.6 Å². The molecule has 0 saturated carbocycles. The number of nitrogens with one attached hydrogen (secondary N) is 1. The highest BCUT2D eigenvalue weighted by Gasteiger charge is 2.52. The van der Waals surface area contributed by atoms with Crippen LogP contribution in [-0.2, 0) is 4.84 Å². The number of oxime groups is 1. The Morgan fingerprint density at radius 3 is 2.94 bits per heavy atom. The third-order valence-corrected chi connectivity index (χ3v) is 4.56. The van der Waals surface area contributed by atoms with Crippen LogP contribution in [0.4, 0.5) is 0 Å². The van der Waals surface area contributed by atoms with Crippen LogP contribution in [0.25, 0.3) is 0 Å². The molecule has 1 atom stereocenters. The second-order valence-electron chi connectivity index (χ2n) is 5.52. The normalized spacial score (nSPS) is 39.4. The zero-order chi connectivity index (χ0) is 11.3. The lowest BCUT2D eigenvalue weighted by Crippen LogP contribution is -2.59. The van der Waals surface area contributed by atoms with Crippen molar-refractivity contribution in [2.75, 3.05) is 19.6 Å². The molecule has 3 saturated heterocycles. The summed E-state index contributed by atoms with van der Waals surface area (Å²) >= 11 is 0. The van der Waals surface area contributed by atoms with Crippen LogP contribution in [0.5, 0.6) is 0 Å². The smallest absolute Gasteiger partial charge is 0.158 e. The summed E-state index contributed by atoms with van der Waals surface area (Å²) in [6, 6.07) is 2.07. The summed E-state index contributed by atoms with van der Waals surface area (Å²) in [5.41, 5.74) is 2.28. The van der Waals surface area contributed by atoms with Gasteiger partial charge in [0.2, 0.25) is 0 Å². The number of fused-ring (bicyclic) bond motifs is 2. The zero-order valence-electron chi connectivity index (χ0n) is 9.85. The minimum absolute atomic E-state index is 0.0108. The van der Waals surface area contributed by atoms with Gasteiger partial charge in [0.25, 0.3) is 0 Å². The van der Waals surface area contributed by atoms with Crippen molar-refractivity contribution in [2.24, 2.45) is 11.1 Å². The third kappa shape index (κ3) is 1.37. The van der Waals surface area contributed by atoms with Crippen molar-refractivity contribution in [2.45, 2.75) is 24.9 Å². The Hall–Kier alpha value is -1.29. The topological polar surface area (TPSA) is 40.6 Å². The second kappa shape index (κ2) is 3.35. The summed E-state index contributed by atoms with van der Waals surface area (Å²) in [6.07, 6.45) is 7.47. The molecule has 4 aliphatic heterocycles. The van der Waals surface area contributed by atoms with Gasteiger partial charge in [-0.2, -0.15) is 0 Å². The second-order valence-corrected chi connectivity index (χ2v) is 5.52. The van der Waals surface area contributed by atoms with Gasteiger partial charge in [-0.1, -0.05) is 5.16 Å². The number of nitrogens with zero attached hydrogens (tertiary/aromatic N) is 2. The van der Waals surface area contributed by atoms with Gasteiger partial charge in [-0.05, 0) is 32.0 Å². The molecular formula is C13H17N3O. The average molecular weight is 231 g/mol. The molecule has 4 nitrogen and oxygen atoms in total. The number of H-pyrrole nitrogens is 1. The summed E-state index contributed by atoms with van der Waals surface area (Å²) in [7, 11) is 0. The highest BCUT2D eigenvalue weighted by atomic mass is 16.7. The fraction of sp³-hybridized carbons (Fsp3) is 0.615. The van der Waals surface area contributed by atoms with Gasteiger partial charge >= 0.3 is 0 Å². The summed E-state index contributed by atoms with van der Waals surface area (Å²) in [5.74, 6) is 0.702. The average Bonchev–Trinajstić information content (AvgIpc) is 3.00. The van der Waals surface area contributed by atoms with Crippen LogP contribution >= 0.6 is 0 Å². The van der Waals surface area contributed by atoms with Crippen LogP contribution in [-0.4, -0.2) is 40.8 Å². The summed E-state index contributed by atoms with van der Waals surface area (Å²) < 4.78 is 0. The molecule has 5 rings (SSSR count). The largest absolute Gasteiger partial charge is 0.387 e. The van der Waals surface area contributed by atoms with Crippen LogP contribution in [0.3, 0.4) is 0 Å². The Balaban J connectivity index is 1.60. The predicted octanol–water partition coefficient (Wildman–Crippen LogP) is 1.60. The van der Waals surface area contributed by atoms with Gasteiger partial charge in [-0.25, -0.2) is 0 Å². The van der Waals surface area contributed by atoms with E-state index in [0.29, 0.717) is 5.92 Å². The van der Waals surface area contributed by atoms with E-state index >= 15 is 0 Å². The molecule has 4 heteroatoms. The summed E-state index contributed by atoms with van der Waals surface area (Å²) in [4.78, 5) is 11.5. The highest BCUT2D eigenvalue weighted by molar-refractivity contribution is 6.01. The van der Waals surface area contributed by atoms with E-state index < -0.39 is 0 Å². The van der Waals surface area contributed by atoms with Crippen molar-refractivity contribution in [3.05, 3.63) is 24.0 Å². The van der Waals surface area contributed by atoms with Gasteiger partial charge in [-0.3, -0.25) is 4.90 Å². The van der Waals surface area contributed by atoms with Gasteiger partial charge in [0.1, 0.15) is 0 Å². The van der Waals surface area contributed by atoms with Gasteiger partial charge in [-0.15, -0.1) is 0 Å². The fourth-order valence-electron chi connectivity index (χ4n) is 3.58. The zero-order valence-corrected chi connectivity index (χ0v) is 9.85. The molecule has 1 N–H and O–H groups in total. The van der Waals surface area contributed by atoms with Crippen molar-refractivity contribution in [1.82, 2.24) is 9.88 Å². The maximum atomic E-state index is 5.88. The van der Waals surface area contributed by atoms with Crippen LogP contribution in [0.1, 0.15) is 24.8 Å². The van der Waals surface area contributed by atoms with Gasteiger partial charge < -0.3 is 9.82 Å². The maximum absolute atomic E-state index is 5.88. The SMILES string of the molecule is c1cc(C2=NOC3(C2)CN2CCC3CC2)c[nH]1. The van der Waals surface area contributed by atoms with Crippen LogP contribution < -0.4 is 0 Å². The Morgan fingerprint density at radius 2 is 2.29 bits per heavy atom. The van der Waals surface area contributed by atoms with Crippen molar-refractivity contribution in [1.29, 1.82) is 0 Å².